The van der Waals surface area contributed by atoms with E-state index in [-0.39, 0.29) is 0 Å². The number of fused-ring (bicyclic) bond motifs is 2. The second kappa shape index (κ2) is 8.22. The molecule has 0 spiro atoms. The van der Waals surface area contributed by atoms with E-state index in [4.69, 9.17) is 9.97 Å². The quantitative estimate of drug-likeness (QED) is 0.262. The van der Waals surface area contributed by atoms with Crippen LogP contribution < -0.4 is 0 Å². The molecule has 0 fully saturated rings. The van der Waals surface area contributed by atoms with Gasteiger partial charge in [0, 0.05) is 23.5 Å². The van der Waals surface area contributed by atoms with Gasteiger partial charge in [-0.2, -0.15) is 0 Å². The van der Waals surface area contributed by atoms with Crippen molar-refractivity contribution < 1.29 is 0 Å². The zero-order valence-electron chi connectivity index (χ0n) is 17.0. The second-order valence-electron chi connectivity index (χ2n) is 7.29. The molecule has 0 unspecified atom stereocenters. The Morgan fingerprint density at radius 3 is 1.31 bits per heavy atom. The van der Waals surface area contributed by atoms with Crippen LogP contribution in [0.5, 0.6) is 0 Å². The maximum Gasteiger partial charge on any atom is 0.145 e. The lowest BCUT2D eigenvalue weighted by Gasteiger charge is -2.00. The maximum absolute atomic E-state index is 4.99. The fraction of sp³-hybridized carbons (Fsp3) is 0. The molecular formula is C26H18N4S2. The molecule has 0 aliphatic rings. The van der Waals surface area contributed by atoms with Crippen molar-refractivity contribution in [3.63, 3.8) is 0 Å². The third kappa shape index (κ3) is 3.38. The van der Waals surface area contributed by atoms with E-state index < -0.39 is 0 Å². The molecule has 154 valence electrons. The largest absolute Gasteiger partial charge is 0.299 e. The van der Waals surface area contributed by atoms with Gasteiger partial charge in [0.25, 0.3) is 0 Å². The summed E-state index contributed by atoms with van der Waals surface area (Å²) in [5.74, 6) is 1.90. The molecule has 6 rings (SSSR count). The van der Waals surface area contributed by atoms with Crippen molar-refractivity contribution in [1.82, 2.24) is 18.8 Å². The van der Waals surface area contributed by atoms with Crippen molar-refractivity contribution in [3.05, 3.63) is 109 Å². The van der Waals surface area contributed by atoms with E-state index in [1.54, 1.807) is 21.6 Å². The monoisotopic (exact) mass is 450 g/mol. The highest BCUT2D eigenvalue weighted by atomic mass is 33.1. The van der Waals surface area contributed by atoms with Crippen LogP contribution in [0.1, 0.15) is 0 Å². The first-order valence-corrected chi connectivity index (χ1v) is 12.4. The SMILES string of the molecule is c1ccc(-c2nc(SSc3nc(-c4ccccc4)n4ccccc34)c3ccccn23)cc1. The van der Waals surface area contributed by atoms with Crippen LogP contribution in [0, 0.1) is 0 Å². The first-order chi connectivity index (χ1) is 15.9. The number of nitrogens with zero attached hydrogens (tertiary/aromatic N) is 4. The fourth-order valence-electron chi connectivity index (χ4n) is 3.80. The predicted octanol–water partition coefficient (Wildman–Crippen LogP) is 7.12. The van der Waals surface area contributed by atoms with Gasteiger partial charge in [-0.25, -0.2) is 9.97 Å². The third-order valence-electron chi connectivity index (χ3n) is 5.29. The van der Waals surface area contributed by atoms with Gasteiger partial charge in [-0.1, -0.05) is 72.8 Å². The minimum Gasteiger partial charge on any atom is -0.299 e. The molecule has 6 heteroatoms. The van der Waals surface area contributed by atoms with Crippen molar-refractivity contribution in [3.8, 4) is 22.8 Å². The maximum atomic E-state index is 4.99. The summed E-state index contributed by atoms with van der Waals surface area (Å²) in [6.45, 7) is 0. The molecule has 0 saturated heterocycles. The summed E-state index contributed by atoms with van der Waals surface area (Å²) in [5.41, 5.74) is 4.39. The topological polar surface area (TPSA) is 34.6 Å². The summed E-state index contributed by atoms with van der Waals surface area (Å²) in [6.07, 6.45) is 4.14. The summed E-state index contributed by atoms with van der Waals surface area (Å²) in [6, 6.07) is 33.0. The van der Waals surface area contributed by atoms with Gasteiger partial charge in [-0.05, 0) is 45.9 Å². The minimum absolute atomic E-state index is 0.948. The standard InChI is InChI=1S/C26H18N4S2/c1-3-11-19(12-4-1)23-27-25(21-15-7-9-17-29(21)23)31-32-26-22-16-8-10-18-30(22)24(28-26)20-13-5-2-6-14-20/h1-18H. The van der Waals surface area contributed by atoms with Gasteiger partial charge in [0.15, 0.2) is 0 Å². The number of hydrogen-bond acceptors (Lipinski definition) is 4. The number of rotatable bonds is 5. The van der Waals surface area contributed by atoms with Crippen LogP contribution in [-0.4, -0.2) is 18.8 Å². The summed E-state index contributed by atoms with van der Waals surface area (Å²) < 4.78 is 4.30. The average Bonchev–Trinajstić information content (AvgIpc) is 3.43. The molecule has 0 saturated carbocycles. The number of aromatic nitrogens is 4. The Labute approximate surface area is 193 Å². The zero-order chi connectivity index (χ0) is 21.3. The van der Waals surface area contributed by atoms with Crippen molar-refractivity contribution in [1.29, 1.82) is 0 Å². The Morgan fingerprint density at radius 1 is 0.469 bits per heavy atom. The average molecular weight is 451 g/mol. The third-order valence-corrected chi connectivity index (χ3v) is 7.49. The van der Waals surface area contributed by atoms with Crippen LogP contribution in [0.4, 0.5) is 0 Å². The number of benzene rings is 2. The predicted molar refractivity (Wildman–Crippen MR) is 133 cm³/mol. The first kappa shape index (κ1) is 19.2. The normalized spacial score (nSPS) is 11.4. The first-order valence-electron chi connectivity index (χ1n) is 10.3. The molecule has 0 atom stereocenters. The van der Waals surface area contributed by atoms with E-state index in [1.165, 1.54) is 0 Å². The number of imidazole rings is 2. The van der Waals surface area contributed by atoms with Crippen molar-refractivity contribution in [2.24, 2.45) is 0 Å². The molecule has 0 radical (unpaired) electrons. The highest BCUT2D eigenvalue weighted by Crippen LogP contribution is 2.42. The molecule has 4 heterocycles. The number of pyridine rings is 2. The Morgan fingerprint density at radius 2 is 0.875 bits per heavy atom. The summed E-state index contributed by atoms with van der Waals surface area (Å²) in [7, 11) is 3.30. The minimum atomic E-state index is 0.948. The molecule has 0 amide bonds. The summed E-state index contributed by atoms with van der Waals surface area (Å²) >= 11 is 0. The van der Waals surface area contributed by atoms with E-state index >= 15 is 0 Å². The van der Waals surface area contributed by atoms with E-state index in [0.29, 0.717) is 0 Å². The van der Waals surface area contributed by atoms with Gasteiger partial charge in [0.05, 0.1) is 11.0 Å². The van der Waals surface area contributed by atoms with Gasteiger partial charge in [-0.3, -0.25) is 8.80 Å². The molecular weight excluding hydrogens is 432 g/mol. The van der Waals surface area contributed by atoms with Crippen LogP contribution in [0.15, 0.2) is 120 Å². The van der Waals surface area contributed by atoms with Crippen LogP contribution in [-0.2, 0) is 0 Å². The lowest BCUT2D eigenvalue weighted by molar-refractivity contribution is 1.15. The molecule has 0 N–H and O–H groups in total. The van der Waals surface area contributed by atoms with E-state index in [1.807, 2.05) is 48.5 Å². The van der Waals surface area contributed by atoms with Gasteiger partial charge in [0.2, 0.25) is 0 Å². The lowest BCUT2D eigenvalue weighted by atomic mass is 10.2. The Hall–Kier alpha value is -3.48. The number of hydrogen-bond donors (Lipinski definition) is 0. The summed E-state index contributed by atoms with van der Waals surface area (Å²) in [5, 5.41) is 1.96. The van der Waals surface area contributed by atoms with E-state index in [9.17, 15) is 0 Å². The Bertz CT molecular complexity index is 1400. The molecule has 0 aliphatic carbocycles. The summed E-state index contributed by atoms with van der Waals surface area (Å²) in [4.78, 5) is 9.98. The molecule has 0 bridgehead atoms. The van der Waals surface area contributed by atoms with E-state index in [0.717, 1.165) is 43.9 Å². The highest BCUT2D eigenvalue weighted by Gasteiger charge is 2.17. The Balaban J connectivity index is 1.39. The fourth-order valence-corrected chi connectivity index (χ4v) is 5.92. The molecule has 32 heavy (non-hydrogen) atoms. The highest BCUT2D eigenvalue weighted by molar-refractivity contribution is 8.76. The van der Waals surface area contributed by atoms with Crippen LogP contribution in [0.25, 0.3) is 33.8 Å². The Kier molecular flexibility index (Phi) is 4.94. The molecule has 4 nitrogen and oxygen atoms in total. The second-order valence-corrected chi connectivity index (χ2v) is 9.40. The van der Waals surface area contributed by atoms with Gasteiger partial charge >= 0.3 is 0 Å². The van der Waals surface area contributed by atoms with Gasteiger partial charge < -0.3 is 0 Å². The van der Waals surface area contributed by atoms with Gasteiger partial charge in [-0.15, -0.1) is 0 Å². The smallest absolute Gasteiger partial charge is 0.145 e. The van der Waals surface area contributed by atoms with Crippen LogP contribution in [0.3, 0.4) is 0 Å². The molecule has 2 aromatic carbocycles. The van der Waals surface area contributed by atoms with Crippen molar-refractivity contribution in [2.75, 3.05) is 0 Å². The molecule has 6 aromatic rings. The van der Waals surface area contributed by atoms with Crippen molar-refractivity contribution >= 4 is 32.6 Å². The zero-order valence-corrected chi connectivity index (χ0v) is 18.6. The lowest BCUT2D eigenvalue weighted by Crippen LogP contribution is -1.87. The van der Waals surface area contributed by atoms with E-state index in [2.05, 4.69) is 69.7 Å². The molecule has 4 aromatic heterocycles. The van der Waals surface area contributed by atoms with Crippen molar-refractivity contribution in [2.45, 2.75) is 10.1 Å². The van der Waals surface area contributed by atoms with Crippen LogP contribution in [0.2, 0.25) is 0 Å². The molecule has 0 aliphatic heterocycles. The van der Waals surface area contributed by atoms with Crippen LogP contribution >= 0.6 is 21.6 Å². The van der Waals surface area contributed by atoms with Gasteiger partial charge in [0.1, 0.15) is 21.7 Å².